The molecular weight excluding hydrogens is 188 g/mol. The average Bonchev–Trinajstić information content (AvgIpc) is 2.24. The number of carbonyl (C=O) groups is 1. The summed E-state index contributed by atoms with van der Waals surface area (Å²) in [5, 5.41) is 0. The van der Waals surface area contributed by atoms with Crippen LogP contribution in [0.25, 0.3) is 0 Å². The standard InChI is InChI=1S/C5H12.C4H6O.C2H6O.C2H6/c1-3-5-4-2;1-4(2)3-5;1-3-2;1-2/h3-5H2,1-2H3;3H,1H2,2H3;1-2H3;1-2H3. The quantitative estimate of drug-likeness (QED) is 0.523. The van der Waals surface area contributed by atoms with Gasteiger partial charge in [0, 0.05) is 14.2 Å². The van der Waals surface area contributed by atoms with E-state index in [0.717, 1.165) is 6.29 Å². The van der Waals surface area contributed by atoms with E-state index in [1.807, 2.05) is 13.8 Å². The summed E-state index contributed by atoms with van der Waals surface area (Å²) in [4.78, 5) is 9.41. The van der Waals surface area contributed by atoms with Crippen LogP contribution in [0.3, 0.4) is 0 Å². The Morgan fingerprint density at radius 2 is 1.40 bits per heavy atom. The highest BCUT2D eigenvalue weighted by Crippen LogP contribution is 1.88. The van der Waals surface area contributed by atoms with Gasteiger partial charge in [0.15, 0.2) is 0 Å². The SMILES string of the molecule is C=C(C)C=O.CC.CCCCC.COC. The minimum absolute atomic E-state index is 0.574. The second-order valence-electron chi connectivity index (χ2n) is 2.73. The van der Waals surface area contributed by atoms with Gasteiger partial charge in [-0.2, -0.15) is 0 Å². The Balaban J connectivity index is -0.0000000574. The molecule has 0 aliphatic carbocycles. The molecule has 0 N–H and O–H groups in total. The zero-order valence-electron chi connectivity index (χ0n) is 11.7. The maximum Gasteiger partial charge on any atom is 0.145 e. The molecule has 0 aromatic rings. The maximum absolute atomic E-state index is 9.41. The Hall–Kier alpha value is -0.630. The van der Waals surface area contributed by atoms with Crippen LogP contribution in [0, 0.1) is 0 Å². The molecule has 0 saturated carbocycles. The van der Waals surface area contributed by atoms with Crippen LogP contribution in [0.15, 0.2) is 12.2 Å². The zero-order valence-corrected chi connectivity index (χ0v) is 11.7. The lowest BCUT2D eigenvalue weighted by Gasteiger charge is -1.79. The molecule has 94 valence electrons. The number of rotatable bonds is 3. The van der Waals surface area contributed by atoms with Crippen molar-refractivity contribution in [2.24, 2.45) is 0 Å². The smallest absolute Gasteiger partial charge is 0.145 e. The average molecular weight is 218 g/mol. The van der Waals surface area contributed by atoms with Crippen molar-refractivity contribution in [3.8, 4) is 0 Å². The number of hydrogen-bond donors (Lipinski definition) is 0. The predicted octanol–water partition coefficient (Wildman–Crippen LogP) is 4.25. The van der Waals surface area contributed by atoms with Crippen molar-refractivity contribution < 1.29 is 9.53 Å². The fourth-order valence-corrected chi connectivity index (χ4v) is 0.354. The van der Waals surface area contributed by atoms with Crippen LogP contribution in [0.5, 0.6) is 0 Å². The number of allylic oxidation sites excluding steroid dienone is 1. The summed E-state index contributed by atoms with van der Waals surface area (Å²) in [6, 6.07) is 0. The summed E-state index contributed by atoms with van der Waals surface area (Å²) in [5.41, 5.74) is 0.574. The van der Waals surface area contributed by atoms with E-state index in [1.165, 1.54) is 19.3 Å². The molecule has 0 saturated heterocycles. The predicted molar refractivity (Wildman–Crippen MR) is 70.4 cm³/mol. The van der Waals surface area contributed by atoms with Gasteiger partial charge < -0.3 is 4.74 Å². The first-order chi connectivity index (χ1) is 7.10. The number of hydrogen-bond acceptors (Lipinski definition) is 2. The van der Waals surface area contributed by atoms with E-state index in [0.29, 0.717) is 5.57 Å². The first-order valence-electron chi connectivity index (χ1n) is 5.61. The van der Waals surface area contributed by atoms with Gasteiger partial charge in [-0.25, -0.2) is 0 Å². The highest BCUT2D eigenvalue weighted by Gasteiger charge is 1.68. The third-order valence-electron chi connectivity index (χ3n) is 0.908. The van der Waals surface area contributed by atoms with Gasteiger partial charge >= 0.3 is 0 Å². The van der Waals surface area contributed by atoms with Crippen molar-refractivity contribution >= 4 is 6.29 Å². The lowest BCUT2D eigenvalue weighted by atomic mass is 10.3. The van der Waals surface area contributed by atoms with E-state index < -0.39 is 0 Å². The summed E-state index contributed by atoms with van der Waals surface area (Å²) < 4.78 is 4.25. The molecule has 0 unspecified atom stereocenters. The monoisotopic (exact) mass is 218 g/mol. The van der Waals surface area contributed by atoms with Gasteiger partial charge in [-0.3, -0.25) is 4.79 Å². The number of ether oxygens (including phenoxy) is 1. The van der Waals surface area contributed by atoms with Gasteiger partial charge in [0.1, 0.15) is 6.29 Å². The molecule has 0 fully saturated rings. The van der Waals surface area contributed by atoms with Crippen molar-refractivity contribution in [1.82, 2.24) is 0 Å². The number of aldehydes is 1. The maximum atomic E-state index is 9.41. The molecule has 0 aliphatic heterocycles. The molecule has 0 aromatic carbocycles. The molecular formula is C13H30O2. The summed E-state index contributed by atoms with van der Waals surface area (Å²) in [6.07, 6.45) is 4.80. The second-order valence-corrected chi connectivity index (χ2v) is 2.73. The van der Waals surface area contributed by atoms with Crippen LogP contribution in [0.4, 0.5) is 0 Å². The van der Waals surface area contributed by atoms with Gasteiger partial charge in [0.2, 0.25) is 0 Å². The number of methoxy groups -OCH3 is 1. The zero-order chi connectivity index (χ0) is 13.1. The third-order valence-corrected chi connectivity index (χ3v) is 0.908. The Bertz CT molecular complexity index is 96.7. The number of unbranched alkanes of at least 4 members (excludes halogenated alkanes) is 2. The van der Waals surface area contributed by atoms with Crippen molar-refractivity contribution in [2.75, 3.05) is 14.2 Å². The Morgan fingerprint density at radius 1 is 1.20 bits per heavy atom. The van der Waals surface area contributed by atoms with Crippen LogP contribution >= 0.6 is 0 Å². The molecule has 0 rings (SSSR count). The molecule has 2 heteroatoms. The topological polar surface area (TPSA) is 26.3 Å². The Labute approximate surface area is 96.7 Å². The fraction of sp³-hybridized carbons (Fsp3) is 0.769. The summed E-state index contributed by atoms with van der Waals surface area (Å²) in [6.45, 7) is 13.4. The van der Waals surface area contributed by atoms with E-state index in [4.69, 9.17) is 0 Å². The lowest BCUT2D eigenvalue weighted by Crippen LogP contribution is -1.65. The van der Waals surface area contributed by atoms with Crippen molar-refractivity contribution in [2.45, 2.75) is 53.9 Å². The van der Waals surface area contributed by atoms with Gasteiger partial charge in [0.05, 0.1) is 0 Å². The van der Waals surface area contributed by atoms with Gasteiger partial charge in [-0.1, -0.05) is 53.5 Å². The fourth-order valence-electron chi connectivity index (χ4n) is 0.354. The van der Waals surface area contributed by atoms with Gasteiger partial charge in [-0.05, 0) is 12.5 Å². The lowest BCUT2D eigenvalue weighted by molar-refractivity contribution is -0.104. The van der Waals surface area contributed by atoms with Crippen LogP contribution in [0.2, 0.25) is 0 Å². The van der Waals surface area contributed by atoms with E-state index in [1.54, 1.807) is 21.1 Å². The molecule has 2 nitrogen and oxygen atoms in total. The van der Waals surface area contributed by atoms with E-state index in [9.17, 15) is 4.79 Å². The van der Waals surface area contributed by atoms with Crippen molar-refractivity contribution in [3.05, 3.63) is 12.2 Å². The molecule has 0 aromatic heterocycles. The second kappa shape index (κ2) is 37.7. The normalized spacial score (nSPS) is 6.60. The molecule has 0 radical (unpaired) electrons. The number of carbonyl (C=O) groups excluding carboxylic acids is 1. The largest absolute Gasteiger partial charge is 0.388 e. The highest BCUT2D eigenvalue weighted by molar-refractivity contribution is 5.70. The third kappa shape index (κ3) is 152. The van der Waals surface area contributed by atoms with E-state index in [-0.39, 0.29) is 0 Å². The summed E-state index contributed by atoms with van der Waals surface area (Å²) in [5.74, 6) is 0. The van der Waals surface area contributed by atoms with Gasteiger partial charge in [0.25, 0.3) is 0 Å². The van der Waals surface area contributed by atoms with Crippen LogP contribution in [-0.4, -0.2) is 20.5 Å². The van der Waals surface area contributed by atoms with Crippen LogP contribution in [-0.2, 0) is 9.53 Å². The molecule has 0 aliphatic rings. The molecule has 0 spiro atoms. The molecule has 0 heterocycles. The summed E-state index contributed by atoms with van der Waals surface area (Å²) >= 11 is 0. The van der Waals surface area contributed by atoms with Gasteiger partial charge in [-0.15, -0.1) is 0 Å². The summed E-state index contributed by atoms with van der Waals surface area (Å²) in [7, 11) is 3.25. The van der Waals surface area contributed by atoms with E-state index >= 15 is 0 Å². The van der Waals surface area contributed by atoms with Crippen molar-refractivity contribution in [3.63, 3.8) is 0 Å². The Kier molecular flexibility index (Phi) is 60.0. The molecule has 0 atom stereocenters. The molecule has 0 amide bonds. The van der Waals surface area contributed by atoms with E-state index in [2.05, 4.69) is 25.2 Å². The highest BCUT2D eigenvalue weighted by atomic mass is 16.4. The molecule has 0 bridgehead atoms. The first-order valence-corrected chi connectivity index (χ1v) is 5.61. The minimum atomic E-state index is 0.574. The minimum Gasteiger partial charge on any atom is -0.388 e. The van der Waals surface area contributed by atoms with Crippen molar-refractivity contribution in [1.29, 1.82) is 0 Å². The Morgan fingerprint density at radius 3 is 1.40 bits per heavy atom. The van der Waals surface area contributed by atoms with Crippen LogP contribution in [0.1, 0.15) is 53.9 Å². The molecule has 15 heavy (non-hydrogen) atoms. The van der Waals surface area contributed by atoms with Crippen LogP contribution < -0.4 is 0 Å². The first kappa shape index (κ1) is 23.9.